The Bertz CT molecular complexity index is 580. The van der Waals surface area contributed by atoms with E-state index >= 15 is 0 Å². The van der Waals surface area contributed by atoms with Gasteiger partial charge >= 0.3 is 5.97 Å². The molecule has 1 amide bonds. The number of carbonyl (C=O) groups excluding carboxylic acids is 1. The molecule has 0 aliphatic carbocycles. The normalized spacial score (nSPS) is 11.8. The summed E-state index contributed by atoms with van der Waals surface area (Å²) in [6.07, 6.45) is 0. The number of carbonyl (C=O) groups is 2. The maximum absolute atomic E-state index is 12.4. The van der Waals surface area contributed by atoms with Crippen LogP contribution in [0.15, 0.2) is 47.8 Å². The van der Waals surface area contributed by atoms with Crippen molar-refractivity contribution in [2.45, 2.75) is 19.5 Å². The molecule has 1 aromatic heterocycles. The molecule has 1 N–H and O–H groups in total. The van der Waals surface area contributed by atoms with Gasteiger partial charge in [0, 0.05) is 6.54 Å². The second-order valence-corrected chi connectivity index (χ2v) is 5.36. The number of rotatable bonds is 5. The molecule has 2 rings (SSSR count). The average molecular weight is 289 g/mol. The van der Waals surface area contributed by atoms with Crippen LogP contribution in [0.2, 0.25) is 0 Å². The zero-order valence-corrected chi connectivity index (χ0v) is 11.8. The summed E-state index contributed by atoms with van der Waals surface area (Å²) in [5.74, 6) is -1.26. The zero-order chi connectivity index (χ0) is 14.5. The largest absolute Gasteiger partial charge is 0.480 e. The van der Waals surface area contributed by atoms with Crippen molar-refractivity contribution in [2.24, 2.45) is 0 Å². The van der Waals surface area contributed by atoms with E-state index < -0.39 is 12.0 Å². The predicted octanol–water partition coefficient (Wildman–Crippen LogP) is 2.86. The van der Waals surface area contributed by atoms with Crippen LogP contribution in [0.1, 0.15) is 22.2 Å². The number of aliphatic carboxylic acids is 1. The van der Waals surface area contributed by atoms with Gasteiger partial charge in [0.05, 0.1) is 4.88 Å². The lowest BCUT2D eigenvalue weighted by Gasteiger charge is -2.26. The highest BCUT2D eigenvalue weighted by Gasteiger charge is 2.27. The highest BCUT2D eigenvalue weighted by molar-refractivity contribution is 7.12. The van der Waals surface area contributed by atoms with Crippen LogP contribution in [0.25, 0.3) is 0 Å². The first-order chi connectivity index (χ1) is 9.59. The zero-order valence-electron chi connectivity index (χ0n) is 11.0. The number of hydrogen-bond acceptors (Lipinski definition) is 3. The number of thiophene rings is 1. The Kier molecular flexibility index (Phi) is 4.53. The van der Waals surface area contributed by atoms with Crippen LogP contribution in [0.3, 0.4) is 0 Å². The Balaban J connectivity index is 2.25. The fraction of sp³-hybridized carbons (Fsp3) is 0.200. The van der Waals surface area contributed by atoms with Gasteiger partial charge in [0.1, 0.15) is 6.04 Å². The van der Waals surface area contributed by atoms with Crippen LogP contribution in [-0.4, -0.2) is 27.9 Å². The van der Waals surface area contributed by atoms with Crippen molar-refractivity contribution in [3.63, 3.8) is 0 Å². The summed E-state index contributed by atoms with van der Waals surface area (Å²) in [6, 6.07) is 12.0. The standard InChI is InChI=1S/C15H15NO3S/c1-11(15(18)19)16(10-12-6-3-2-4-7-12)14(17)13-8-5-9-20-13/h2-9,11H,10H2,1H3,(H,18,19). The van der Waals surface area contributed by atoms with Crippen molar-refractivity contribution in [3.8, 4) is 0 Å². The number of nitrogens with zero attached hydrogens (tertiary/aromatic N) is 1. The third kappa shape index (κ3) is 3.24. The lowest BCUT2D eigenvalue weighted by atomic mass is 10.1. The van der Waals surface area contributed by atoms with Crippen molar-refractivity contribution in [1.29, 1.82) is 0 Å². The van der Waals surface area contributed by atoms with Crippen LogP contribution >= 0.6 is 11.3 Å². The van der Waals surface area contributed by atoms with Crippen molar-refractivity contribution in [3.05, 3.63) is 58.3 Å². The van der Waals surface area contributed by atoms with Gasteiger partial charge in [0.2, 0.25) is 0 Å². The molecule has 20 heavy (non-hydrogen) atoms. The smallest absolute Gasteiger partial charge is 0.326 e. The molecule has 1 atom stereocenters. The van der Waals surface area contributed by atoms with Gasteiger partial charge in [-0.3, -0.25) is 4.79 Å². The summed E-state index contributed by atoms with van der Waals surface area (Å²) in [5, 5.41) is 11.0. The van der Waals surface area contributed by atoms with Crippen LogP contribution in [0.5, 0.6) is 0 Å². The molecular weight excluding hydrogens is 274 g/mol. The molecular formula is C15H15NO3S. The first-order valence-electron chi connectivity index (χ1n) is 6.21. The van der Waals surface area contributed by atoms with E-state index in [1.165, 1.54) is 23.2 Å². The van der Waals surface area contributed by atoms with Gasteiger partial charge in [-0.2, -0.15) is 0 Å². The highest BCUT2D eigenvalue weighted by Crippen LogP contribution is 2.17. The van der Waals surface area contributed by atoms with E-state index in [1.807, 2.05) is 30.3 Å². The van der Waals surface area contributed by atoms with Gasteiger partial charge < -0.3 is 10.0 Å². The van der Waals surface area contributed by atoms with E-state index in [9.17, 15) is 14.7 Å². The Labute approximate surface area is 121 Å². The van der Waals surface area contributed by atoms with Crippen LogP contribution in [0.4, 0.5) is 0 Å². The van der Waals surface area contributed by atoms with Crippen molar-refractivity contribution in [1.82, 2.24) is 4.90 Å². The fourth-order valence-corrected chi connectivity index (χ4v) is 2.52. The second kappa shape index (κ2) is 6.34. The molecule has 1 unspecified atom stereocenters. The monoisotopic (exact) mass is 289 g/mol. The van der Waals surface area contributed by atoms with Crippen LogP contribution in [-0.2, 0) is 11.3 Å². The lowest BCUT2D eigenvalue weighted by molar-refractivity contribution is -0.141. The number of amides is 1. The quantitative estimate of drug-likeness (QED) is 0.920. The first-order valence-corrected chi connectivity index (χ1v) is 7.08. The third-order valence-electron chi connectivity index (χ3n) is 3.01. The van der Waals surface area contributed by atoms with Gasteiger partial charge in [-0.15, -0.1) is 11.3 Å². The Hall–Kier alpha value is -2.14. The maximum atomic E-state index is 12.4. The first kappa shape index (κ1) is 14.3. The molecule has 5 heteroatoms. The summed E-state index contributed by atoms with van der Waals surface area (Å²) in [4.78, 5) is 25.6. The SMILES string of the molecule is CC(C(=O)O)N(Cc1ccccc1)C(=O)c1cccs1. The topological polar surface area (TPSA) is 57.6 Å². The van der Waals surface area contributed by atoms with Crippen molar-refractivity contribution >= 4 is 23.2 Å². The van der Waals surface area contributed by atoms with E-state index in [4.69, 9.17) is 0 Å². The summed E-state index contributed by atoms with van der Waals surface area (Å²) < 4.78 is 0. The number of carboxylic acid groups (broad SMARTS) is 1. The van der Waals surface area contributed by atoms with Gasteiger partial charge in [-0.05, 0) is 23.9 Å². The number of carboxylic acids is 1. The molecule has 104 valence electrons. The molecule has 1 aromatic carbocycles. The molecule has 0 aliphatic rings. The van der Waals surface area contributed by atoms with Gasteiger partial charge in [0.25, 0.3) is 5.91 Å². The number of benzene rings is 1. The lowest BCUT2D eigenvalue weighted by Crippen LogP contribution is -2.42. The summed E-state index contributed by atoms with van der Waals surface area (Å²) in [6.45, 7) is 1.81. The summed E-state index contributed by atoms with van der Waals surface area (Å²) >= 11 is 1.31. The third-order valence-corrected chi connectivity index (χ3v) is 3.87. The van der Waals surface area contributed by atoms with E-state index in [2.05, 4.69) is 0 Å². The molecule has 0 saturated heterocycles. The van der Waals surface area contributed by atoms with Crippen molar-refractivity contribution < 1.29 is 14.7 Å². The van der Waals surface area contributed by atoms with E-state index in [0.717, 1.165) is 5.56 Å². The number of hydrogen-bond donors (Lipinski definition) is 1. The minimum Gasteiger partial charge on any atom is -0.480 e. The molecule has 0 radical (unpaired) electrons. The molecule has 0 fully saturated rings. The van der Waals surface area contributed by atoms with E-state index in [0.29, 0.717) is 4.88 Å². The van der Waals surface area contributed by atoms with E-state index in [-0.39, 0.29) is 12.5 Å². The molecule has 0 spiro atoms. The minimum atomic E-state index is -1.01. The highest BCUT2D eigenvalue weighted by atomic mass is 32.1. The van der Waals surface area contributed by atoms with E-state index in [1.54, 1.807) is 17.5 Å². The molecule has 2 aromatic rings. The molecule has 0 saturated carbocycles. The van der Waals surface area contributed by atoms with Crippen LogP contribution < -0.4 is 0 Å². The molecule has 0 aliphatic heterocycles. The average Bonchev–Trinajstić information content (AvgIpc) is 2.98. The minimum absolute atomic E-state index is 0.251. The Morgan fingerprint density at radius 3 is 2.45 bits per heavy atom. The van der Waals surface area contributed by atoms with Gasteiger partial charge in [0.15, 0.2) is 0 Å². The Morgan fingerprint density at radius 1 is 1.20 bits per heavy atom. The summed E-state index contributed by atoms with van der Waals surface area (Å²) in [5.41, 5.74) is 0.908. The molecule has 1 heterocycles. The second-order valence-electron chi connectivity index (χ2n) is 4.41. The predicted molar refractivity (Wildman–Crippen MR) is 77.7 cm³/mol. The molecule has 0 bridgehead atoms. The van der Waals surface area contributed by atoms with Crippen LogP contribution in [0, 0.1) is 0 Å². The molecule has 4 nitrogen and oxygen atoms in total. The Morgan fingerprint density at radius 2 is 1.90 bits per heavy atom. The van der Waals surface area contributed by atoms with Gasteiger partial charge in [-0.1, -0.05) is 36.4 Å². The maximum Gasteiger partial charge on any atom is 0.326 e. The summed E-state index contributed by atoms with van der Waals surface area (Å²) in [7, 11) is 0. The van der Waals surface area contributed by atoms with Gasteiger partial charge in [-0.25, -0.2) is 4.79 Å². The van der Waals surface area contributed by atoms with Crippen molar-refractivity contribution in [2.75, 3.05) is 0 Å². The fourth-order valence-electron chi connectivity index (χ4n) is 1.84.